The number of carbonyl (C=O) groups excluding carboxylic acids is 1. The summed E-state index contributed by atoms with van der Waals surface area (Å²) in [6, 6.07) is 10.7. The van der Waals surface area contributed by atoms with Crippen molar-refractivity contribution >= 4 is 45.5 Å². The van der Waals surface area contributed by atoms with Gasteiger partial charge in [-0.2, -0.15) is 10.1 Å². The van der Waals surface area contributed by atoms with Gasteiger partial charge in [0.05, 0.1) is 34.9 Å². The molecule has 2 N–H and O–H groups in total. The minimum atomic E-state index is -0.0744. The number of amides is 1. The molecule has 0 aliphatic carbocycles. The summed E-state index contributed by atoms with van der Waals surface area (Å²) < 4.78 is 2.03. The molecule has 36 heavy (non-hydrogen) atoms. The van der Waals surface area contributed by atoms with Gasteiger partial charge < -0.3 is 20.4 Å². The Morgan fingerprint density at radius 2 is 1.81 bits per heavy atom. The van der Waals surface area contributed by atoms with E-state index in [0.29, 0.717) is 29.1 Å². The van der Waals surface area contributed by atoms with Gasteiger partial charge in [0.2, 0.25) is 5.95 Å². The third-order valence-corrected chi connectivity index (χ3v) is 7.24. The van der Waals surface area contributed by atoms with Crippen molar-refractivity contribution in [1.29, 1.82) is 0 Å². The van der Waals surface area contributed by atoms with E-state index in [4.69, 9.17) is 9.97 Å². The van der Waals surface area contributed by atoms with E-state index in [0.717, 1.165) is 59.3 Å². The fourth-order valence-corrected chi connectivity index (χ4v) is 5.29. The van der Waals surface area contributed by atoms with E-state index >= 15 is 0 Å². The summed E-state index contributed by atoms with van der Waals surface area (Å²) >= 11 is 0. The van der Waals surface area contributed by atoms with Crippen LogP contribution in [0.25, 0.3) is 10.8 Å². The lowest BCUT2D eigenvalue weighted by Gasteiger charge is -2.23. The largest absolute Gasteiger partial charge is 0.327 e. The Kier molecular flexibility index (Phi) is 5.37. The highest BCUT2D eigenvalue weighted by atomic mass is 16.2. The highest BCUT2D eigenvalue weighted by molar-refractivity contribution is 6.15. The number of hydrogen-bond acceptors (Lipinski definition) is 7. The van der Waals surface area contributed by atoms with Gasteiger partial charge in [0.15, 0.2) is 5.82 Å². The topological polar surface area (TPSA) is 91.2 Å². The fraction of sp³-hybridized carbons (Fsp3) is 0.333. The molecule has 9 nitrogen and oxygen atoms in total. The maximum absolute atomic E-state index is 13.6. The Labute approximate surface area is 210 Å². The molecule has 2 aliphatic rings. The molecule has 1 saturated heterocycles. The van der Waals surface area contributed by atoms with E-state index < -0.39 is 0 Å². The second-order valence-electron chi connectivity index (χ2n) is 9.76. The lowest BCUT2D eigenvalue weighted by molar-refractivity contribution is 0.0994. The summed E-state index contributed by atoms with van der Waals surface area (Å²) in [4.78, 5) is 26.8. The van der Waals surface area contributed by atoms with Crippen molar-refractivity contribution in [2.24, 2.45) is 0 Å². The first kappa shape index (κ1) is 22.5. The van der Waals surface area contributed by atoms with Crippen LogP contribution in [0.15, 0.2) is 42.7 Å². The molecule has 0 saturated carbocycles. The minimum absolute atomic E-state index is 0.0744. The van der Waals surface area contributed by atoms with Gasteiger partial charge in [-0.05, 0) is 62.7 Å². The Bertz CT molecular complexity index is 1490. The second-order valence-corrected chi connectivity index (χ2v) is 9.76. The normalized spacial score (nSPS) is 16.2. The molecule has 0 atom stereocenters. The number of aromatic nitrogens is 4. The summed E-state index contributed by atoms with van der Waals surface area (Å²) in [6.07, 6.45) is 5.96. The van der Waals surface area contributed by atoms with Crippen LogP contribution in [0, 0.1) is 13.8 Å². The molecule has 1 fully saturated rings. The number of anilines is 5. The molecule has 0 radical (unpaired) electrons. The fourth-order valence-electron chi connectivity index (χ4n) is 5.29. The van der Waals surface area contributed by atoms with Crippen LogP contribution < -0.4 is 20.4 Å². The molecule has 9 heteroatoms. The first-order valence-corrected chi connectivity index (χ1v) is 12.4. The summed E-state index contributed by atoms with van der Waals surface area (Å²) in [5, 5.41) is 13.4. The standard InChI is InChI=1S/C27H30N8O/c1-16-5-6-18-13-23-22(12-19(18)11-16)26(36)34(4)24-17(2)30-27(32-25(24)33(23)3)31-20-14-29-35(15-20)21-7-9-28-10-8-21/h5-6,11-15,21,28H,7-10H2,1-4H3,(H,30,31,32). The molecule has 0 unspecified atom stereocenters. The van der Waals surface area contributed by atoms with E-state index in [1.165, 1.54) is 0 Å². The summed E-state index contributed by atoms with van der Waals surface area (Å²) in [5.74, 6) is 1.08. The second kappa shape index (κ2) is 8.60. The number of aryl methyl sites for hydroxylation is 2. The molecular weight excluding hydrogens is 452 g/mol. The van der Waals surface area contributed by atoms with Gasteiger partial charge in [-0.15, -0.1) is 0 Å². The Balaban J connectivity index is 1.39. The average Bonchev–Trinajstić information content (AvgIpc) is 3.32. The molecule has 4 aromatic rings. The number of nitrogens with zero attached hydrogens (tertiary/aromatic N) is 6. The first-order chi connectivity index (χ1) is 17.4. The van der Waals surface area contributed by atoms with Crippen LogP contribution >= 0.6 is 0 Å². The van der Waals surface area contributed by atoms with Crippen LogP contribution in [0.3, 0.4) is 0 Å². The lowest BCUT2D eigenvalue weighted by atomic mass is 10.0. The van der Waals surface area contributed by atoms with Gasteiger partial charge in [-0.3, -0.25) is 9.48 Å². The van der Waals surface area contributed by atoms with Crippen LogP contribution in [0.5, 0.6) is 0 Å². The number of fused-ring (bicyclic) bond motifs is 3. The van der Waals surface area contributed by atoms with Crippen molar-refractivity contribution in [2.75, 3.05) is 42.3 Å². The maximum atomic E-state index is 13.6. The van der Waals surface area contributed by atoms with Gasteiger partial charge >= 0.3 is 0 Å². The quantitative estimate of drug-likeness (QED) is 0.445. The smallest absolute Gasteiger partial charge is 0.260 e. The summed E-state index contributed by atoms with van der Waals surface area (Å²) in [6.45, 7) is 5.99. The van der Waals surface area contributed by atoms with Crippen LogP contribution in [-0.4, -0.2) is 52.8 Å². The van der Waals surface area contributed by atoms with Crippen LogP contribution in [0.4, 0.5) is 28.8 Å². The molecule has 2 aromatic heterocycles. The van der Waals surface area contributed by atoms with Crippen molar-refractivity contribution in [3.8, 4) is 0 Å². The molecule has 2 aliphatic heterocycles. The number of benzene rings is 2. The van der Waals surface area contributed by atoms with Gasteiger partial charge in [0, 0.05) is 20.3 Å². The molecule has 0 bridgehead atoms. The summed E-state index contributed by atoms with van der Waals surface area (Å²) in [5.41, 5.74) is 4.90. The molecular formula is C27H30N8O. The number of rotatable bonds is 3. The van der Waals surface area contributed by atoms with Gasteiger partial charge in [-0.1, -0.05) is 23.8 Å². The molecule has 1 amide bonds. The first-order valence-electron chi connectivity index (χ1n) is 12.4. The van der Waals surface area contributed by atoms with Crippen molar-refractivity contribution in [1.82, 2.24) is 25.1 Å². The van der Waals surface area contributed by atoms with E-state index in [2.05, 4.69) is 46.9 Å². The molecule has 2 aromatic carbocycles. The third-order valence-electron chi connectivity index (χ3n) is 7.24. The monoisotopic (exact) mass is 482 g/mol. The highest BCUT2D eigenvalue weighted by Gasteiger charge is 2.31. The Hall–Kier alpha value is -3.98. The number of nitrogens with one attached hydrogen (secondary N) is 2. The zero-order valence-electron chi connectivity index (χ0n) is 21.0. The van der Waals surface area contributed by atoms with E-state index in [1.807, 2.05) is 42.0 Å². The van der Waals surface area contributed by atoms with Gasteiger partial charge in [-0.25, -0.2) is 4.98 Å². The Morgan fingerprint density at radius 3 is 2.61 bits per heavy atom. The molecule has 4 heterocycles. The molecule has 0 spiro atoms. The van der Waals surface area contributed by atoms with Crippen LogP contribution in [-0.2, 0) is 0 Å². The number of carbonyl (C=O) groups is 1. The molecule has 184 valence electrons. The van der Waals surface area contributed by atoms with Crippen molar-refractivity contribution < 1.29 is 4.79 Å². The third kappa shape index (κ3) is 3.76. The predicted molar refractivity (Wildman–Crippen MR) is 143 cm³/mol. The van der Waals surface area contributed by atoms with E-state index in [1.54, 1.807) is 11.9 Å². The minimum Gasteiger partial charge on any atom is -0.327 e. The zero-order chi connectivity index (χ0) is 25.0. The number of piperidine rings is 1. The average molecular weight is 483 g/mol. The predicted octanol–water partition coefficient (Wildman–Crippen LogP) is 4.47. The Morgan fingerprint density at radius 1 is 1.00 bits per heavy atom. The van der Waals surface area contributed by atoms with E-state index in [9.17, 15) is 4.79 Å². The van der Waals surface area contributed by atoms with Gasteiger partial charge in [0.1, 0.15) is 5.69 Å². The SMILES string of the molecule is Cc1ccc2cc3c(cc2c1)C(=O)N(C)c1c(C)nc(Nc2cnn(C4CCNCC4)c2)nc1N3C. The van der Waals surface area contributed by atoms with Crippen LogP contribution in [0.1, 0.15) is 40.5 Å². The van der Waals surface area contributed by atoms with Crippen molar-refractivity contribution in [3.05, 3.63) is 59.5 Å². The highest BCUT2D eigenvalue weighted by Crippen LogP contribution is 2.41. The van der Waals surface area contributed by atoms with Crippen molar-refractivity contribution in [3.63, 3.8) is 0 Å². The number of hydrogen-bond donors (Lipinski definition) is 2. The molecule has 6 rings (SSSR count). The lowest BCUT2D eigenvalue weighted by Crippen LogP contribution is -2.29. The van der Waals surface area contributed by atoms with Crippen LogP contribution in [0.2, 0.25) is 0 Å². The summed E-state index contributed by atoms with van der Waals surface area (Å²) in [7, 11) is 3.74. The van der Waals surface area contributed by atoms with Gasteiger partial charge in [0.25, 0.3) is 5.91 Å². The van der Waals surface area contributed by atoms with E-state index in [-0.39, 0.29) is 5.91 Å². The zero-order valence-corrected chi connectivity index (χ0v) is 21.0. The maximum Gasteiger partial charge on any atom is 0.260 e. The van der Waals surface area contributed by atoms with Crippen molar-refractivity contribution in [2.45, 2.75) is 32.7 Å².